The van der Waals surface area contributed by atoms with Crippen LogP contribution < -0.4 is 5.32 Å². The highest BCUT2D eigenvalue weighted by Gasteiger charge is 2.21. The lowest BCUT2D eigenvalue weighted by Crippen LogP contribution is -2.33. The van der Waals surface area contributed by atoms with Crippen molar-refractivity contribution in [2.75, 3.05) is 12.3 Å². The maximum Gasteiger partial charge on any atom is 0.235 e. The third-order valence-electron chi connectivity index (χ3n) is 2.48. The quantitative estimate of drug-likeness (QED) is 0.873. The van der Waals surface area contributed by atoms with E-state index in [9.17, 15) is 17.6 Å². The minimum absolute atomic E-state index is 0.0381. The molecule has 0 radical (unpaired) electrons. The molecule has 0 aliphatic rings. The first-order valence-corrected chi connectivity index (χ1v) is 8.31. The average Bonchev–Trinajstić information content (AvgIpc) is 2.31. The van der Waals surface area contributed by atoms with Crippen molar-refractivity contribution in [3.63, 3.8) is 0 Å². The van der Waals surface area contributed by atoms with Crippen LogP contribution in [0.3, 0.4) is 0 Å². The number of carbonyl (C=O) groups excluding carboxylic acids is 1. The number of benzene rings is 1. The number of sulfone groups is 1. The molecule has 0 unspecified atom stereocenters. The Balaban J connectivity index is 2.73. The maximum atomic E-state index is 13.5. The molecule has 1 rings (SSSR count). The molecule has 4 nitrogen and oxygen atoms in total. The molecule has 0 fully saturated rings. The van der Waals surface area contributed by atoms with Crippen molar-refractivity contribution >= 4 is 27.3 Å². The zero-order valence-electron chi connectivity index (χ0n) is 11.3. The molecule has 7 heteroatoms. The second-order valence-corrected chi connectivity index (χ2v) is 7.40. The van der Waals surface area contributed by atoms with E-state index in [0.717, 1.165) is 6.07 Å². The zero-order valence-corrected chi connectivity index (χ0v) is 12.9. The van der Waals surface area contributed by atoms with E-state index < -0.39 is 33.1 Å². The molecule has 0 spiro atoms. The second-order valence-electron chi connectivity index (χ2n) is 4.93. The van der Waals surface area contributed by atoms with Gasteiger partial charge in [0, 0.05) is 17.1 Å². The average molecular weight is 322 g/mol. The largest absolute Gasteiger partial charge is 0.355 e. The van der Waals surface area contributed by atoms with E-state index in [1.54, 1.807) is 0 Å². The first kappa shape index (κ1) is 16.9. The van der Waals surface area contributed by atoms with Gasteiger partial charge < -0.3 is 5.32 Å². The van der Waals surface area contributed by atoms with Crippen LogP contribution in [0, 0.1) is 11.7 Å². The molecule has 1 amide bonds. The summed E-state index contributed by atoms with van der Waals surface area (Å²) in [6.45, 7) is 4.19. The summed E-state index contributed by atoms with van der Waals surface area (Å²) in [6.07, 6.45) is 0. The van der Waals surface area contributed by atoms with Crippen LogP contribution in [-0.4, -0.2) is 26.6 Å². The molecule has 20 heavy (non-hydrogen) atoms. The Morgan fingerprint density at radius 1 is 1.40 bits per heavy atom. The summed E-state index contributed by atoms with van der Waals surface area (Å²) in [6, 6.07) is 3.94. The molecule has 0 saturated carbocycles. The van der Waals surface area contributed by atoms with Crippen molar-refractivity contribution in [1.82, 2.24) is 5.32 Å². The fourth-order valence-corrected chi connectivity index (χ4v) is 3.16. The Morgan fingerprint density at radius 2 is 2.05 bits per heavy atom. The smallest absolute Gasteiger partial charge is 0.235 e. The Labute approximate surface area is 123 Å². The third kappa shape index (κ3) is 5.46. The van der Waals surface area contributed by atoms with Gasteiger partial charge in [-0.25, -0.2) is 12.8 Å². The van der Waals surface area contributed by atoms with Crippen molar-refractivity contribution in [2.45, 2.75) is 19.6 Å². The van der Waals surface area contributed by atoms with E-state index in [2.05, 4.69) is 5.32 Å². The number of carbonyl (C=O) groups is 1. The van der Waals surface area contributed by atoms with Gasteiger partial charge in [0.05, 0.1) is 5.75 Å². The summed E-state index contributed by atoms with van der Waals surface area (Å²) in [5, 5.41) is 2.55. The molecule has 0 aromatic heterocycles. The van der Waals surface area contributed by atoms with Gasteiger partial charge >= 0.3 is 0 Å². The molecular weight excluding hydrogens is 305 g/mol. The molecular formula is C13H17ClFNO3S. The number of hydrogen-bond acceptors (Lipinski definition) is 3. The Bertz CT molecular complexity index is 567. The summed E-state index contributed by atoms with van der Waals surface area (Å²) >= 11 is 5.77. The maximum absolute atomic E-state index is 13.5. The van der Waals surface area contributed by atoms with Crippen molar-refractivity contribution in [2.24, 2.45) is 5.92 Å². The van der Waals surface area contributed by atoms with Crippen LogP contribution >= 0.6 is 11.6 Å². The molecule has 112 valence electrons. The standard InChI is InChI=1S/C13H17ClFNO3S/c1-9(2)6-16-13(17)8-20(18,19)7-10-11(14)4-3-5-12(10)15/h3-5,9H,6-8H2,1-2H3,(H,16,17). The summed E-state index contributed by atoms with van der Waals surface area (Å²) < 4.78 is 37.3. The zero-order chi connectivity index (χ0) is 15.3. The molecule has 1 N–H and O–H groups in total. The highest BCUT2D eigenvalue weighted by molar-refractivity contribution is 7.91. The number of halogens is 2. The topological polar surface area (TPSA) is 63.2 Å². The monoisotopic (exact) mass is 321 g/mol. The van der Waals surface area contributed by atoms with Gasteiger partial charge in [-0.1, -0.05) is 31.5 Å². The van der Waals surface area contributed by atoms with Gasteiger partial charge in [-0.05, 0) is 18.1 Å². The fourth-order valence-electron chi connectivity index (χ4n) is 1.51. The molecule has 0 aliphatic heterocycles. The predicted molar refractivity (Wildman–Crippen MR) is 76.7 cm³/mol. The minimum atomic E-state index is -3.76. The predicted octanol–water partition coefficient (Wildman–Crippen LogP) is 2.17. The van der Waals surface area contributed by atoms with E-state index in [-0.39, 0.29) is 16.5 Å². The Hall–Kier alpha value is -1.14. The van der Waals surface area contributed by atoms with E-state index in [4.69, 9.17) is 11.6 Å². The molecule has 0 bridgehead atoms. The van der Waals surface area contributed by atoms with Crippen molar-refractivity contribution in [1.29, 1.82) is 0 Å². The van der Waals surface area contributed by atoms with Gasteiger partial charge in [-0.2, -0.15) is 0 Å². The molecule has 0 atom stereocenters. The highest BCUT2D eigenvalue weighted by atomic mass is 35.5. The second kappa shape index (κ2) is 7.04. The summed E-state index contributed by atoms with van der Waals surface area (Å²) in [4.78, 5) is 11.5. The lowest BCUT2D eigenvalue weighted by atomic mass is 10.2. The van der Waals surface area contributed by atoms with Crippen LogP contribution in [0.5, 0.6) is 0 Å². The van der Waals surface area contributed by atoms with Crippen molar-refractivity contribution in [3.05, 3.63) is 34.6 Å². The van der Waals surface area contributed by atoms with Gasteiger partial charge in [-0.15, -0.1) is 0 Å². The van der Waals surface area contributed by atoms with Crippen LogP contribution in [0.4, 0.5) is 4.39 Å². The third-order valence-corrected chi connectivity index (χ3v) is 4.27. The van der Waals surface area contributed by atoms with Crippen LogP contribution in [0.15, 0.2) is 18.2 Å². The van der Waals surface area contributed by atoms with Gasteiger partial charge in [0.1, 0.15) is 11.6 Å². The fraction of sp³-hybridized carbons (Fsp3) is 0.462. The van der Waals surface area contributed by atoms with Gasteiger partial charge in [-0.3, -0.25) is 4.79 Å². The van der Waals surface area contributed by atoms with Crippen molar-refractivity contribution < 1.29 is 17.6 Å². The Morgan fingerprint density at radius 3 is 2.60 bits per heavy atom. The summed E-state index contributed by atoms with van der Waals surface area (Å²) in [5.74, 6) is -2.32. The molecule has 0 heterocycles. The van der Waals surface area contributed by atoms with Crippen LogP contribution in [0.2, 0.25) is 5.02 Å². The Kier molecular flexibility index (Phi) is 5.95. The molecule has 1 aromatic rings. The first-order chi connectivity index (χ1) is 9.21. The van der Waals surface area contributed by atoms with E-state index in [0.29, 0.717) is 6.54 Å². The van der Waals surface area contributed by atoms with Gasteiger partial charge in [0.15, 0.2) is 9.84 Å². The van der Waals surface area contributed by atoms with Crippen LogP contribution in [0.1, 0.15) is 19.4 Å². The SMILES string of the molecule is CC(C)CNC(=O)CS(=O)(=O)Cc1c(F)cccc1Cl. The van der Waals surface area contributed by atoms with Gasteiger partial charge in [0.25, 0.3) is 0 Å². The lowest BCUT2D eigenvalue weighted by molar-refractivity contribution is -0.118. The van der Waals surface area contributed by atoms with E-state index in [1.807, 2.05) is 13.8 Å². The summed E-state index contributed by atoms with van der Waals surface area (Å²) in [7, 11) is -3.76. The van der Waals surface area contributed by atoms with Crippen LogP contribution in [0.25, 0.3) is 0 Å². The number of rotatable bonds is 6. The van der Waals surface area contributed by atoms with E-state index >= 15 is 0 Å². The van der Waals surface area contributed by atoms with Gasteiger partial charge in [0.2, 0.25) is 5.91 Å². The van der Waals surface area contributed by atoms with Crippen LogP contribution in [-0.2, 0) is 20.4 Å². The van der Waals surface area contributed by atoms with Crippen molar-refractivity contribution in [3.8, 4) is 0 Å². The number of amides is 1. The normalized spacial score (nSPS) is 11.7. The lowest BCUT2D eigenvalue weighted by Gasteiger charge is -2.09. The summed E-state index contributed by atoms with van der Waals surface area (Å²) in [5.41, 5.74) is -0.106. The highest BCUT2D eigenvalue weighted by Crippen LogP contribution is 2.21. The number of nitrogens with one attached hydrogen (secondary N) is 1. The minimum Gasteiger partial charge on any atom is -0.355 e. The van der Waals surface area contributed by atoms with E-state index in [1.165, 1.54) is 12.1 Å². The first-order valence-electron chi connectivity index (χ1n) is 6.11. The molecule has 1 aromatic carbocycles. The molecule has 0 aliphatic carbocycles. The molecule has 0 saturated heterocycles. The number of hydrogen-bond donors (Lipinski definition) is 1.